The summed E-state index contributed by atoms with van der Waals surface area (Å²) in [6, 6.07) is 6.29. The summed E-state index contributed by atoms with van der Waals surface area (Å²) in [7, 11) is 0. The van der Waals surface area contributed by atoms with Crippen LogP contribution in [-0.4, -0.2) is 11.7 Å². The molecule has 0 saturated heterocycles. The molecule has 1 N–H and O–H groups in total. The molecule has 1 amide bonds. The maximum Gasteiger partial charge on any atom is 0.231 e. The summed E-state index contributed by atoms with van der Waals surface area (Å²) >= 11 is 1.82. The van der Waals surface area contributed by atoms with Crippen LogP contribution in [0.25, 0.3) is 0 Å². The average Bonchev–Trinajstić information content (AvgIpc) is 2.32. The quantitative estimate of drug-likeness (QED) is 0.745. The molecule has 1 fully saturated rings. The van der Waals surface area contributed by atoms with Crippen LogP contribution in [0.1, 0.15) is 24.8 Å². The van der Waals surface area contributed by atoms with Crippen LogP contribution in [-0.2, 0) is 4.79 Å². The molecule has 0 aromatic heterocycles. The molecule has 0 radical (unpaired) electrons. The standard InChI is InChI=1S/C13H15NOS/c1-9-3-4-11-10(7-9)14-12(15)13(8-16-11)5-2-6-13/h3-4,7H,2,5-6,8H2,1H3,(H,14,15). The van der Waals surface area contributed by atoms with Gasteiger partial charge in [0.05, 0.1) is 11.1 Å². The Hall–Kier alpha value is -0.960. The monoisotopic (exact) mass is 233 g/mol. The Morgan fingerprint density at radius 1 is 1.38 bits per heavy atom. The van der Waals surface area contributed by atoms with Gasteiger partial charge in [0.1, 0.15) is 0 Å². The number of carbonyl (C=O) groups excluding carboxylic acids is 1. The Bertz CT molecular complexity index is 451. The molecule has 3 heteroatoms. The lowest BCUT2D eigenvalue weighted by molar-refractivity contribution is -0.128. The number of carbonyl (C=O) groups is 1. The van der Waals surface area contributed by atoms with Crippen molar-refractivity contribution < 1.29 is 4.79 Å². The summed E-state index contributed by atoms with van der Waals surface area (Å²) in [5.41, 5.74) is 2.13. The van der Waals surface area contributed by atoms with Crippen molar-refractivity contribution in [2.24, 2.45) is 5.41 Å². The number of anilines is 1. The first kappa shape index (κ1) is 10.2. The zero-order chi connectivity index (χ0) is 11.2. The van der Waals surface area contributed by atoms with Gasteiger partial charge in [0, 0.05) is 10.6 Å². The van der Waals surface area contributed by atoms with Crippen LogP contribution in [0.3, 0.4) is 0 Å². The highest BCUT2D eigenvalue weighted by Gasteiger charge is 2.45. The van der Waals surface area contributed by atoms with Gasteiger partial charge >= 0.3 is 0 Å². The smallest absolute Gasteiger partial charge is 0.231 e. The van der Waals surface area contributed by atoms with Crippen molar-refractivity contribution in [1.82, 2.24) is 0 Å². The molecular formula is C13H15NOS. The van der Waals surface area contributed by atoms with Crippen LogP contribution in [0, 0.1) is 12.3 Å². The molecule has 3 rings (SSSR count). The molecule has 1 aromatic rings. The van der Waals surface area contributed by atoms with Gasteiger partial charge < -0.3 is 5.32 Å². The predicted molar refractivity (Wildman–Crippen MR) is 66.8 cm³/mol. The van der Waals surface area contributed by atoms with E-state index in [1.54, 1.807) is 0 Å². The van der Waals surface area contributed by atoms with Crippen LogP contribution in [0.4, 0.5) is 5.69 Å². The third-order valence-electron chi connectivity index (χ3n) is 3.68. The van der Waals surface area contributed by atoms with E-state index in [9.17, 15) is 4.79 Å². The second-order valence-electron chi connectivity index (χ2n) is 4.88. The van der Waals surface area contributed by atoms with E-state index in [0.29, 0.717) is 0 Å². The predicted octanol–water partition coefficient (Wildman–Crippen LogP) is 3.21. The zero-order valence-corrected chi connectivity index (χ0v) is 10.2. The summed E-state index contributed by atoms with van der Waals surface area (Å²) in [4.78, 5) is 13.4. The topological polar surface area (TPSA) is 29.1 Å². The molecule has 1 aliphatic heterocycles. The molecule has 1 saturated carbocycles. The van der Waals surface area contributed by atoms with Gasteiger partial charge in [-0.05, 0) is 37.5 Å². The molecule has 1 heterocycles. The zero-order valence-electron chi connectivity index (χ0n) is 9.38. The fourth-order valence-corrected chi connectivity index (χ4v) is 3.66. The first-order valence-electron chi connectivity index (χ1n) is 5.75. The van der Waals surface area contributed by atoms with Crippen molar-refractivity contribution in [2.45, 2.75) is 31.1 Å². The van der Waals surface area contributed by atoms with Gasteiger partial charge in [0.2, 0.25) is 5.91 Å². The van der Waals surface area contributed by atoms with Crippen molar-refractivity contribution in [1.29, 1.82) is 0 Å². The summed E-state index contributed by atoms with van der Waals surface area (Å²) < 4.78 is 0. The van der Waals surface area contributed by atoms with Crippen molar-refractivity contribution in [3.63, 3.8) is 0 Å². The Kier molecular flexibility index (Phi) is 2.25. The number of thioether (sulfide) groups is 1. The van der Waals surface area contributed by atoms with E-state index >= 15 is 0 Å². The lowest BCUT2D eigenvalue weighted by Crippen LogP contribution is -2.43. The molecule has 0 bridgehead atoms. The third kappa shape index (κ3) is 1.46. The van der Waals surface area contributed by atoms with E-state index in [-0.39, 0.29) is 11.3 Å². The third-order valence-corrected chi connectivity index (χ3v) is 5.04. The van der Waals surface area contributed by atoms with Crippen molar-refractivity contribution in [2.75, 3.05) is 11.1 Å². The van der Waals surface area contributed by atoms with Gasteiger partial charge in [-0.25, -0.2) is 0 Å². The van der Waals surface area contributed by atoms with Crippen LogP contribution in [0.15, 0.2) is 23.1 Å². The number of aryl methyl sites for hydroxylation is 1. The van der Waals surface area contributed by atoms with Crippen molar-refractivity contribution in [3.05, 3.63) is 23.8 Å². The lowest BCUT2D eigenvalue weighted by atomic mass is 9.69. The number of hydrogen-bond donors (Lipinski definition) is 1. The normalized spacial score (nSPS) is 21.9. The molecule has 84 valence electrons. The molecule has 16 heavy (non-hydrogen) atoms. The molecule has 1 aromatic carbocycles. The molecule has 2 aliphatic rings. The molecule has 2 nitrogen and oxygen atoms in total. The summed E-state index contributed by atoms with van der Waals surface area (Å²) in [6.45, 7) is 2.06. The second-order valence-corrected chi connectivity index (χ2v) is 5.89. The highest BCUT2D eigenvalue weighted by molar-refractivity contribution is 7.99. The SMILES string of the molecule is Cc1ccc2c(c1)NC(=O)C1(CCC1)CS2. The van der Waals surface area contributed by atoms with Crippen LogP contribution >= 0.6 is 11.8 Å². The Balaban J connectivity index is 1.97. The number of rotatable bonds is 0. The van der Waals surface area contributed by atoms with E-state index in [4.69, 9.17) is 0 Å². The minimum Gasteiger partial charge on any atom is -0.325 e. The van der Waals surface area contributed by atoms with Gasteiger partial charge in [-0.1, -0.05) is 12.5 Å². The maximum absolute atomic E-state index is 12.2. The number of fused-ring (bicyclic) bond motifs is 1. The van der Waals surface area contributed by atoms with Gasteiger partial charge in [0.25, 0.3) is 0 Å². The number of benzene rings is 1. The van der Waals surface area contributed by atoms with Gasteiger partial charge in [-0.2, -0.15) is 0 Å². The maximum atomic E-state index is 12.2. The fourth-order valence-electron chi connectivity index (χ4n) is 2.38. The van der Waals surface area contributed by atoms with Gasteiger partial charge in [0.15, 0.2) is 0 Å². The van der Waals surface area contributed by atoms with E-state index in [2.05, 4.69) is 30.4 Å². The van der Waals surface area contributed by atoms with Crippen LogP contribution in [0.2, 0.25) is 0 Å². The highest BCUT2D eigenvalue weighted by atomic mass is 32.2. The minimum atomic E-state index is -0.0718. The number of nitrogens with one attached hydrogen (secondary N) is 1. The van der Waals surface area contributed by atoms with Gasteiger partial charge in [-0.3, -0.25) is 4.79 Å². The minimum absolute atomic E-state index is 0.0718. The van der Waals surface area contributed by atoms with E-state index in [1.807, 2.05) is 11.8 Å². The summed E-state index contributed by atoms with van der Waals surface area (Å²) in [5, 5.41) is 3.10. The second kappa shape index (κ2) is 3.52. The Labute approximate surface area is 99.8 Å². The highest BCUT2D eigenvalue weighted by Crippen LogP contribution is 2.48. The van der Waals surface area contributed by atoms with Crippen LogP contribution in [0.5, 0.6) is 0 Å². The van der Waals surface area contributed by atoms with Crippen LogP contribution < -0.4 is 5.32 Å². The van der Waals surface area contributed by atoms with Gasteiger partial charge in [-0.15, -0.1) is 11.8 Å². The summed E-state index contributed by atoms with van der Waals surface area (Å²) in [5.74, 6) is 1.17. The Morgan fingerprint density at radius 3 is 2.88 bits per heavy atom. The first-order chi connectivity index (χ1) is 7.70. The lowest BCUT2D eigenvalue weighted by Gasteiger charge is -2.38. The van der Waals surface area contributed by atoms with E-state index in [1.165, 1.54) is 16.9 Å². The molecule has 1 spiro atoms. The average molecular weight is 233 g/mol. The first-order valence-corrected chi connectivity index (χ1v) is 6.73. The van der Waals surface area contributed by atoms with Crippen molar-refractivity contribution in [3.8, 4) is 0 Å². The van der Waals surface area contributed by atoms with E-state index in [0.717, 1.165) is 24.3 Å². The Morgan fingerprint density at radius 2 is 2.19 bits per heavy atom. The molecule has 1 aliphatic carbocycles. The summed E-state index contributed by atoms with van der Waals surface area (Å²) in [6.07, 6.45) is 3.31. The molecule has 0 unspecified atom stereocenters. The number of amides is 1. The number of hydrogen-bond acceptors (Lipinski definition) is 2. The fraction of sp³-hybridized carbons (Fsp3) is 0.462. The largest absolute Gasteiger partial charge is 0.325 e. The molecule has 0 atom stereocenters. The molecular weight excluding hydrogens is 218 g/mol. The van der Waals surface area contributed by atoms with E-state index < -0.39 is 0 Å². The van der Waals surface area contributed by atoms with Crippen molar-refractivity contribution >= 4 is 23.4 Å².